The lowest BCUT2D eigenvalue weighted by Gasteiger charge is -2.27. The van der Waals surface area contributed by atoms with Crippen LogP contribution in [0.15, 0.2) is 6.07 Å². The molecule has 1 amide bonds. The van der Waals surface area contributed by atoms with E-state index in [-0.39, 0.29) is 11.9 Å². The van der Waals surface area contributed by atoms with E-state index >= 15 is 0 Å². The van der Waals surface area contributed by atoms with Gasteiger partial charge in [-0.2, -0.15) is 10.2 Å². The van der Waals surface area contributed by atoms with Crippen LogP contribution in [-0.4, -0.2) is 44.2 Å². The molecular weight excluding hydrogens is 258 g/mol. The topological polar surface area (TPSA) is 83.4 Å². The van der Waals surface area contributed by atoms with E-state index in [4.69, 9.17) is 0 Å². The average Bonchev–Trinajstić information content (AvgIpc) is 3.23. The number of aromatic nitrogens is 2. The Kier molecular flexibility index (Phi) is 4.01. The molecule has 6 heteroatoms. The van der Waals surface area contributed by atoms with E-state index in [1.54, 1.807) is 19.9 Å². The van der Waals surface area contributed by atoms with Gasteiger partial charge in [0, 0.05) is 6.04 Å². The van der Waals surface area contributed by atoms with Crippen molar-refractivity contribution in [2.45, 2.75) is 52.1 Å². The average molecular weight is 277 g/mol. The number of hydrogen-bond acceptors (Lipinski definition) is 4. The number of aryl methyl sites for hydroxylation is 2. The Hall–Kier alpha value is -1.98. The van der Waals surface area contributed by atoms with Gasteiger partial charge in [-0.05, 0) is 39.2 Å². The molecule has 0 radical (unpaired) electrons. The van der Waals surface area contributed by atoms with E-state index in [9.17, 15) is 14.7 Å². The van der Waals surface area contributed by atoms with Crippen molar-refractivity contribution in [2.24, 2.45) is 0 Å². The maximum atomic E-state index is 12.7. The third-order valence-electron chi connectivity index (χ3n) is 3.51. The lowest BCUT2D eigenvalue weighted by Crippen LogP contribution is -2.45. The van der Waals surface area contributed by atoms with Gasteiger partial charge in [0.1, 0.15) is 6.04 Å². The molecule has 6 nitrogen and oxygen atoms in total. The SMILES string of the molecule is CCc1nnc(C)cc1C(=O)N(C1CC1)C(C)C(=O)O. The number of nitrogens with zero attached hydrogens (tertiary/aromatic N) is 3. The molecular formula is C14H19N3O3. The maximum absolute atomic E-state index is 12.7. The molecule has 0 aromatic carbocycles. The standard InChI is InChI=1S/C14H19N3O3/c1-4-12-11(7-8(2)15-16-12)13(18)17(10-5-6-10)9(3)14(19)20/h7,9-10H,4-6H2,1-3H3,(H,19,20). The fourth-order valence-electron chi connectivity index (χ4n) is 2.23. The summed E-state index contributed by atoms with van der Waals surface area (Å²) in [7, 11) is 0. The quantitative estimate of drug-likeness (QED) is 0.880. The van der Waals surface area contributed by atoms with Crippen molar-refractivity contribution >= 4 is 11.9 Å². The molecule has 1 unspecified atom stereocenters. The van der Waals surface area contributed by atoms with Crippen LogP contribution in [-0.2, 0) is 11.2 Å². The van der Waals surface area contributed by atoms with E-state index in [0.717, 1.165) is 12.8 Å². The van der Waals surface area contributed by atoms with Crippen LogP contribution in [0, 0.1) is 6.92 Å². The Morgan fingerprint density at radius 3 is 2.60 bits per heavy atom. The molecule has 1 saturated carbocycles. The first-order valence-electron chi connectivity index (χ1n) is 6.84. The van der Waals surface area contributed by atoms with E-state index in [0.29, 0.717) is 23.4 Å². The second-order valence-corrected chi connectivity index (χ2v) is 5.16. The third-order valence-corrected chi connectivity index (χ3v) is 3.51. The van der Waals surface area contributed by atoms with Crippen LogP contribution in [0.1, 0.15) is 48.4 Å². The number of carbonyl (C=O) groups excluding carboxylic acids is 1. The van der Waals surface area contributed by atoms with E-state index < -0.39 is 12.0 Å². The van der Waals surface area contributed by atoms with Crippen LogP contribution >= 0.6 is 0 Å². The number of aliphatic carboxylic acids is 1. The predicted octanol–water partition coefficient (Wildman–Crippen LogP) is 1.43. The first-order valence-corrected chi connectivity index (χ1v) is 6.84. The van der Waals surface area contributed by atoms with Gasteiger partial charge in [0.05, 0.1) is 17.0 Å². The van der Waals surface area contributed by atoms with Gasteiger partial charge in [0.25, 0.3) is 5.91 Å². The fourth-order valence-corrected chi connectivity index (χ4v) is 2.23. The number of amides is 1. The summed E-state index contributed by atoms with van der Waals surface area (Å²) < 4.78 is 0. The van der Waals surface area contributed by atoms with Crippen LogP contribution in [0.2, 0.25) is 0 Å². The highest BCUT2D eigenvalue weighted by atomic mass is 16.4. The number of carboxylic acid groups (broad SMARTS) is 1. The van der Waals surface area contributed by atoms with Crippen LogP contribution in [0.5, 0.6) is 0 Å². The van der Waals surface area contributed by atoms with Gasteiger partial charge < -0.3 is 10.0 Å². The Balaban J connectivity index is 2.37. The summed E-state index contributed by atoms with van der Waals surface area (Å²) >= 11 is 0. The summed E-state index contributed by atoms with van der Waals surface area (Å²) in [5.74, 6) is -1.24. The van der Waals surface area contributed by atoms with E-state index in [2.05, 4.69) is 10.2 Å². The largest absolute Gasteiger partial charge is 0.480 e. The minimum Gasteiger partial charge on any atom is -0.480 e. The normalized spacial score (nSPS) is 15.8. The second-order valence-electron chi connectivity index (χ2n) is 5.16. The summed E-state index contributed by atoms with van der Waals surface area (Å²) in [6, 6.07) is 0.901. The van der Waals surface area contributed by atoms with Crippen molar-refractivity contribution in [1.29, 1.82) is 0 Å². The zero-order valence-corrected chi connectivity index (χ0v) is 12.0. The van der Waals surface area contributed by atoms with Crippen molar-refractivity contribution in [3.05, 3.63) is 23.0 Å². The van der Waals surface area contributed by atoms with Gasteiger partial charge >= 0.3 is 5.97 Å². The molecule has 1 fully saturated rings. The van der Waals surface area contributed by atoms with Crippen LogP contribution in [0.3, 0.4) is 0 Å². The van der Waals surface area contributed by atoms with Gasteiger partial charge in [-0.25, -0.2) is 4.79 Å². The summed E-state index contributed by atoms with van der Waals surface area (Å²) in [5, 5.41) is 17.2. The lowest BCUT2D eigenvalue weighted by atomic mass is 10.1. The summed E-state index contributed by atoms with van der Waals surface area (Å²) in [6.45, 7) is 5.22. The van der Waals surface area contributed by atoms with Gasteiger partial charge in [0.15, 0.2) is 0 Å². The highest BCUT2D eigenvalue weighted by Gasteiger charge is 2.39. The molecule has 0 bridgehead atoms. The van der Waals surface area contributed by atoms with Crippen molar-refractivity contribution < 1.29 is 14.7 Å². The first-order chi connectivity index (χ1) is 9.45. The summed E-state index contributed by atoms with van der Waals surface area (Å²) in [6.07, 6.45) is 2.32. The smallest absolute Gasteiger partial charge is 0.326 e. The van der Waals surface area contributed by atoms with Crippen molar-refractivity contribution in [1.82, 2.24) is 15.1 Å². The van der Waals surface area contributed by atoms with Crippen molar-refractivity contribution in [3.63, 3.8) is 0 Å². The van der Waals surface area contributed by atoms with Crippen LogP contribution in [0.4, 0.5) is 0 Å². The Morgan fingerprint density at radius 2 is 2.10 bits per heavy atom. The summed E-state index contributed by atoms with van der Waals surface area (Å²) in [4.78, 5) is 25.4. The molecule has 0 spiro atoms. The van der Waals surface area contributed by atoms with Gasteiger partial charge in [-0.3, -0.25) is 4.79 Å². The molecule has 0 saturated heterocycles. The molecule has 1 N–H and O–H groups in total. The number of carboxylic acids is 1. The molecule has 108 valence electrons. The number of rotatable bonds is 5. The molecule has 1 aromatic rings. The van der Waals surface area contributed by atoms with E-state index in [1.165, 1.54) is 4.90 Å². The van der Waals surface area contributed by atoms with Crippen molar-refractivity contribution in [2.75, 3.05) is 0 Å². The Labute approximate surface area is 117 Å². The zero-order chi connectivity index (χ0) is 14.9. The molecule has 1 aromatic heterocycles. The first kappa shape index (κ1) is 14.4. The minimum absolute atomic E-state index is 0.0341. The van der Waals surface area contributed by atoms with Crippen LogP contribution in [0.25, 0.3) is 0 Å². The Bertz CT molecular complexity index is 540. The molecule has 2 rings (SSSR count). The Morgan fingerprint density at radius 1 is 1.45 bits per heavy atom. The second kappa shape index (κ2) is 5.56. The molecule has 1 heterocycles. The molecule has 0 aliphatic heterocycles. The molecule has 1 atom stereocenters. The molecule has 1 aliphatic carbocycles. The monoisotopic (exact) mass is 277 g/mol. The van der Waals surface area contributed by atoms with Gasteiger partial charge in [-0.1, -0.05) is 6.92 Å². The molecule has 20 heavy (non-hydrogen) atoms. The zero-order valence-electron chi connectivity index (χ0n) is 12.0. The van der Waals surface area contributed by atoms with Crippen LogP contribution < -0.4 is 0 Å². The van der Waals surface area contributed by atoms with Crippen molar-refractivity contribution in [3.8, 4) is 0 Å². The highest BCUT2D eigenvalue weighted by molar-refractivity contribution is 5.98. The fraction of sp³-hybridized carbons (Fsp3) is 0.571. The van der Waals surface area contributed by atoms with Gasteiger partial charge in [0.2, 0.25) is 0 Å². The minimum atomic E-state index is -0.984. The lowest BCUT2D eigenvalue weighted by molar-refractivity contribution is -0.141. The third kappa shape index (κ3) is 2.79. The van der Waals surface area contributed by atoms with E-state index in [1.807, 2.05) is 6.92 Å². The maximum Gasteiger partial charge on any atom is 0.326 e. The van der Waals surface area contributed by atoms with Gasteiger partial charge in [-0.15, -0.1) is 0 Å². The highest BCUT2D eigenvalue weighted by Crippen LogP contribution is 2.30. The summed E-state index contributed by atoms with van der Waals surface area (Å²) in [5.41, 5.74) is 1.74. The number of carbonyl (C=O) groups is 2. The number of hydrogen-bond donors (Lipinski definition) is 1. The predicted molar refractivity (Wildman–Crippen MR) is 72.4 cm³/mol. The molecule has 1 aliphatic rings.